The number of nitrogens with one attached hydrogen (secondary N) is 1. The highest BCUT2D eigenvalue weighted by atomic mass is 79.9. The van der Waals surface area contributed by atoms with E-state index in [9.17, 15) is 13.6 Å². The number of anilines is 1. The number of halogens is 4. The van der Waals surface area contributed by atoms with Gasteiger partial charge in [-0.2, -0.15) is 0 Å². The van der Waals surface area contributed by atoms with E-state index in [1.165, 1.54) is 6.20 Å². The van der Waals surface area contributed by atoms with Crippen LogP contribution in [0.25, 0.3) is 0 Å². The number of rotatable bonds is 6. The Labute approximate surface area is 119 Å². The number of hydrogen-bond acceptors (Lipinski definition) is 4. The molecule has 0 radical (unpaired) electrons. The van der Waals surface area contributed by atoms with Crippen LogP contribution in [0.2, 0.25) is 0 Å². The second-order valence-electron chi connectivity index (χ2n) is 3.10. The van der Waals surface area contributed by atoms with Gasteiger partial charge in [-0.15, -0.1) is 0 Å². The monoisotopic (exact) mass is 387 g/mol. The molecule has 0 saturated heterocycles. The number of carbonyl (C=O) groups excluding carboxylic acids is 1. The van der Waals surface area contributed by atoms with E-state index in [4.69, 9.17) is 0 Å². The highest BCUT2D eigenvalue weighted by Gasteiger charge is 2.09. The van der Waals surface area contributed by atoms with Gasteiger partial charge >= 0.3 is 0 Å². The van der Waals surface area contributed by atoms with E-state index in [1.54, 1.807) is 0 Å². The molecular weight excluding hydrogens is 380 g/mol. The summed E-state index contributed by atoms with van der Waals surface area (Å²) in [6.07, 6.45) is -1.13. The highest BCUT2D eigenvalue weighted by Crippen LogP contribution is 2.19. The molecule has 0 fully saturated rings. The molecule has 0 aromatic carbocycles. The number of nitrogens with zero attached hydrogens (tertiary/aromatic N) is 2. The maximum absolute atomic E-state index is 11.7. The third kappa shape index (κ3) is 5.78. The van der Waals surface area contributed by atoms with Crippen LogP contribution in [0, 0.1) is 0 Å². The molecule has 0 saturated carbocycles. The third-order valence-corrected chi connectivity index (χ3v) is 2.61. The molecule has 0 aliphatic heterocycles. The number of carbonyl (C=O) groups is 1. The molecule has 1 heterocycles. The maximum Gasteiger partial charge on any atom is 0.261 e. The van der Waals surface area contributed by atoms with Crippen LogP contribution in [0.5, 0.6) is 0 Å². The normalized spacial score (nSPS) is 10.7. The van der Waals surface area contributed by atoms with Crippen molar-refractivity contribution < 1.29 is 18.3 Å². The van der Waals surface area contributed by atoms with Gasteiger partial charge in [0, 0.05) is 0 Å². The molecule has 1 aromatic heterocycles. The highest BCUT2D eigenvalue weighted by molar-refractivity contribution is 9.11. The molecule has 100 valence electrons. The van der Waals surface area contributed by atoms with Gasteiger partial charge in [-0.1, -0.05) is 0 Å². The molecule has 1 amide bonds. The van der Waals surface area contributed by atoms with Gasteiger partial charge in [0.05, 0.1) is 19.2 Å². The number of amides is 1. The van der Waals surface area contributed by atoms with Crippen molar-refractivity contribution in [1.82, 2.24) is 9.97 Å². The van der Waals surface area contributed by atoms with Crippen molar-refractivity contribution in [2.75, 3.05) is 18.5 Å². The summed E-state index contributed by atoms with van der Waals surface area (Å²) < 4.78 is 29.0. The Bertz CT molecular complexity index is 421. The van der Waals surface area contributed by atoms with Gasteiger partial charge in [0.25, 0.3) is 6.43 Å². The molecule has 1 N–H and O–H groups in total. The fourth-order valence-electron chi connectivity index (χ4n) is 0.962. The van der Waals surface area contributed by atoms with Crippen LogP contribution >= 0.6 is 31.9 Å². The quantitative estimate of drug-likeness (QED) is 0.761. The molecule has 0 spiro atoms. The summed E-state index contributed by atoms with van der Waals surface area (Å²) >= 11 is 6.25. The summed E-state index contributed by atoms with van der Waals surface area (Å²) in [6, 6.07) is 0. The van der Waals surface area contributed by atoms with E-state index in [2.05, 4.69) is 51.9 Å². The van der Waals surface area contributed by atoms with Gasteiger partial charge < -0.3 is 10.1 Å². The van der Waals surface area contributed by atoms with Crippen molar-refractivity contribution in [2.45, 2.75) is 12.8 Å². The fraction of sp³-hybridized carbons (Fsp3) is 0.444. The van der Waals surface area contributed by atoms with Crippen molar-refractivity contribution in [3.63, 3.8) is 0 Å². The van der Waals surface area contributed by atoms with Crippen molar-refractivity contribution in [1.29, 1.82) is 0 Å². The van der Waals surface area contributed by atoms with Crippen LogP contribution in [0.4, 0.5) is 14.6 Å². The van der Waals surface area contributed by atoms with Crippen molar-refractivity contribution in [3.05, 3.63) is 15.4 Å². The molecule has 5 nitrogen and oxygen atoms in total. The van der Waals surface area contributed by atoms with Crippen molar-refractivity contribution in [3.8, 4) is 0 Å². The Morgan fingerprint density at radius 3 is 2.83 bits per heavy atom. The van der Waals surface area contributed by atoms with Crippen LogP contribution in [-0.4, -0.2) is 35.5 Å². The molecule has 0 bridgehead atoms. The Hall–Kier alpha value is -0.670. The minimum atomic E-state index is -2.53. The molecule has 0 aliphatic rings. The Morgan fingerprint density at radius 1 is 1.50 bits per heavy atom. The van der Waals surface area contributed by atoms with Gasteiger partial charge in [-0.3, -0.25) is 4.79 Å². The smallest absolute Gasteiger partial charge is 0.261 e. The van der Waals surface area contributed by atoms with Crippen LogP contribution in [-0.2, 0) is 9.53 Å². The van der Waals surface area contributed by atoms with Crippen LogP contribution in [0.3, 0.4) is 0 Å². The minimum Gasteiger partial charge on any atom is -0.375 e. The third-order valence-electron chi connectivity index (χ3n) is 1.68. The first-order valence-electron chi connectivity index (χ1n) is 4.83. The SMILES string of the molecule is O=C(CCOCC(F)F)Nc1ncc(Br)nc1Br. The molecule has 9 heteroatoms. The second-order valence-corrected chi connectivity index (χ2v) is 4.66. The number of hydrogen-bond donors (Lipinski definition) is 1. The summed E-state index contributed by atoms with van der Waals surface area (Å²) in [4.78, 5) is 19.3. The predicted octanol–water partition coefficient (Wildman–Crippen LogP) is 2.61. The van der Waals surface area contributed by atoms with Gasteiger partial charge in [-0.25, -0.2) is 18.7 Å². The van der Waals surface area contributed by atoms with Crippen LogP contribution in [0.1, 0.15) is 6.42 Å². The zero-order valence-electron chi connectivity index (χ0n) is 9.00. The van der Waals surface area contributed by atoms with E-state index in [1.807, 2.05) is 0 Å². The van der Waals surface area contributed by atoms with Gasteiger partial charge in [-0.05, 0) is 31.9 Å². The first-order valence-corrected chi connectivity index (χ1v) is 6.41. The number of ether oxygens (including phenoxy) is 1. The maximum atomic E-state index is 11.7. The van der Waals surface area contributed by atoms with Crippen molar-refractivity contribution in [2.24, 2.45) is 0 Å². The lowest BCUT2D eigenvalue weighted by Gasteiger charge is -2.06. The zero-order chi connectivity index (χ0) is 13.5. The molecule has 0 unspecified atom stereocenters. The first kappa shape index (κ1) is 15.4. The standard InChI is InChI=1S/C9H9Br2F2N3O2/c10-5-3-14-9(8(11)15-5)16-7(17)1-2-18-4-6(12)13/h3,6H,1-2,4H2,(H,14,16,17). The Balaban J connectivity index is 2.35. The molecular formula is C9H9Br2F2N3O2. The molecule has 1 rings (SSSR count). The average Bonchev–Trinajstić information content (AvgIpc) is 2.28. The lowest BCUT2D eigenvalue weighted by molar-refractivity contribution is -0.117. The Kier molecular flexibility index (Phi) is 6.58. The summed E-state index contributed by atoms with van der Waals surface area (Å²) in [7, 11) is 0. The summed E-state index contributed by atoms with van der Waals surface area (Å²) in [5, 5.41) is 2.48. The van der Waals surface area contributed by atoms with Gasteiger partial charge in [0.2, 0.25) is 5.91 Å². The minimum absolute atomic E-state index is 0.0308. The van der Waals surface area contributed by atoms with E-state index in [0.717, 1.165) is 0 Å². The predicted molar refractivity (Wildman–Crippen MR) is 67.5 cm³/mol. The molecule has 1 aromatic rings. The van der Waals surface area contributed by atoms with Gasteiger partial charge in [0.1, 0.15) is 15.8 Å². The Morgan fingerprint density at radius 2 is 2.22 bits per heavy atom. The zero-order valence-corrected chi connectivity index (χ0v) is 12.2. The fourth-order valence-corrected chi connectivity index (χ4v) is 1.87. The van der Waals surface area contributed by atoms with E-state index in [0.29, 0.717) is 9.21 Å². The second kappa shape index (κ2) is 7.70. The van der Waals surface area contributed by atoms with Gasteiger partial charge in [0.15, 0.2) is 5.82 Å². The topological polar surface area (TPSA) is 64.1 Å². The summed E-state index contributed by atoms with van der Waals surface area (Å²) in [5.74, 6) is -0.126. The summed E-state index contributed by atoms with van der Waals surface area (Å²) in [6.45, 7) is -0.743. The van der Waals surface area contributed by atoms with E-state index < -0.39 is 13.0 Å². The average molecular weight is 389 g/mol. The van der Waals surface area contributed by atoms with Crippen LogP contribution < -0.4 is 5.32 Å². The lowest BCUT2D eigenvalue weighted by Crippen LogP contribution is -2.17. The lowest BCUT2D eigenvalue weighted by atomic mass is 10.4. The summed E-state index contributed by atoms with van der Waals surface area (Å²) in [5.41, 5.74) is 0. The first-order chi connectivity index (χ1) is 8.49. The molecule has 0 aliphatic carbocycles. The van der Waals surface area contributed by atoms with Crippen LogP contribution in [0.15, 0.2) is 15.4 Å². The number of aromatic nitrogens is 2. The van der Waals surface area contributed by atoms with E-state index >= 15 is 0 Å². The molecule has 0 atom stereocenters. The number of alkyl halides is 2. The largest absolute Gasteiger partial charge is 0.375 e. The van der Waals surface area contributed by atoms with E-state index in [-0.39, 0.29) is 24.8 Å². The molecule has 18 heavy (non-hydrogen) atoms. The van der Waals surface area contributed by atoms with Crippen molar-refractivity contribution >= 4 is 43.6 Å².